The van der Waals surface area contributed by atoms with Gasteiger partial charge in [-0.15, -0.1) is 0 Å². The number of anilines is 1. The molecular formula is C12H16N4O. The van der Waals surface area contributed by atoms with Crippen LogP contribution in [0, 0.1) is 11.3 Å². The lowest BCUT2D eigenvalue weighted by Crippen LogP contribution is -2.36. The van der Waals surface area contributed by atoms with Gasteiger partial charge in [-0.1, -0.05) is 0 Å². The number of carbonyl (C=O) groups excluding carboxylic acids is 1. The molecule has 1 rings (SSSR count). The SMILES string of the molecule is CC(CC#N)N(C)C(=O)Cc1ccc(N)cn1. The lowest BCUT2D eigenvalue weighted by Gasteiger charge is -2.22. The maximum Gasteiger partial charge on any atom is 0.228 e. The standard InChI is InChI=1S/C12H16N4O/c1-9(5-6-13)16(2)12(17)7-11-4-3-10(14)8-15-11/h3-4,8-9H,5,7,14H2,1-2H3. The Balaban J connectivity index is 2.60. The van der Waals surface area contributed by atoms with Gasteiger partial charge < -0.3 is 10.6 Å². The molecule has 1 heterocycles. The number of pyridine rings is 1. The number of amides is 1. The van der Waals surface area contributed by atoms with E-state index in [-0.39, 0.29) is 18.4 Å². The molecular weight excluding hydrogens is 216 g/mol. The number of nitriles is 1. The van der Waals surface area contributed by atoms with E-state index < -0.39 is 0 Å². The van der Waals surface area contributed by atoms with Crippen molar-refractivity contribution in [2.24, 2.45) is 0 Å². The Kier molecular flexibility index (Phi) is 4.46. The molecule has 0 saturated carbocycles. The first-order valence-electron chi connectivity index (χ1n) is 5.37. The van der Waals surface area contributed by atoms with E-state index in [9.17, 15) is 4.79 Å². The van der Waals surface area contributed by atoms with Crippen molar-refractivity contribution in [1.82, 2.24) is 9.88 Å². The van der Waals surface area contributed by atoms with E-state index in [0.717, 1.165) is 0 Å². The normalized spacial score (nSPS) is 11.6. The summed E-state index contributed by atoms with van der Waals surface area (Å²) in [5.41, 5.74) is 6.77. The molecule has 0 fully saturated rings. The minimum atomic E-state index is -0.0821. The highest BCUT2D eigenvalue weighted by Gasteiger charge is 2.16. The van der Waals surface area contributed by atoms with Gasteiger partial charge in [-0.2, -0.15) is 5.26 Å². The summed E-state index contributed by atoms with van der Waals surface area (Å²) >= 11 is 0. The molecule has 1 amide bonds. The summed E-state index contributed by atoms with van der Waals surface area (Å²) < 4.78 is 0. The van der Waals surface area contributed by atoms with E-state index in [1.165, 1.54) is 6.20 Å². The number of rotatable bonds is 4. The molecule has 0 aromatic carbocycles. The smallest absolute Gasteiger partial charge is 0.228 e. The fraction of sp³-hybridized carbons (Fsp3) is 0.417. The van der Waals surface area contributed by atoms with E-state index in [4.69, 9.17) is 11.0 Å². The number of nitrogens with two attached hydrogens (primary N) is 1. The predicted molar refractivity (Wildman–Crippen MR) is 64.8 cm³/mol. The van der Waals surface area contributed by atoms with Crippen molar-refractivity contribution in [3.8, 4) is 6.07 Å². The van der Waals surface area contributed by atoms with Crippen LogP contribution < -0.4 is 5.73 Å². The van der Waals surface area contributed by atoms with Crippen molar-refractivity contribution in [2.45, 2.75) is 25.8 Å². The van der Waals surface area contributed by atoms with Crippen LogP contribution in [-0.2, 0) is 11.2 Å². The molecule has 0 spiro atoms. The monoisotopic (exact) mass is 232 g/mol. The van der Waals surface area contributed by atoms with E-state index in [0.29, 0.717) is 17.8 Å². The van der Waals surface area contributed by atoms with Gasteiger partial charge in [-0.05, 0) is 19.1 Å². The first kappa shape index (κ1) is 13.0. The predicted octanol–water partition coefficient (Wildman–Crippen LogP) is 0.967. The highest BCUT2D eigenvalue weighted by molar-refractivity contribution is 5.78. The number of hydrogen-bond donors (Lipinski definition) is 1. The van der Waals surface area contributed by atoms with E-state index >= 15 is 0 Å². The molecule has 0 aliphatic carbocycles. The van der Waals surface area contributed by atoms with Crippen LogP contribution in [0.3, 0.4) is 0 Å². The highest BCUT2D eigenvalue weighted by Crippen LogP contribution is 2.06. The van der Waals surface area contributed by atoms with Crippen molar-refractivity contribution < 1.29 is 4.79 Å². The fourth-order valence-electron chi connectivity index (χ4n) is 1.33. The Morgan fingerprint density at radius 3 is 2.88 bits per heavy atom. The molecule has 1 aromatic rings. The average molecular weight is 232 g/mol. The summed E-state index contributed by atoms with van der Waals surface area (Å²) in [5.74, 6) is -0.0509. The molecule has 1 atom stereocenters. The van der Waals surface area contributed by atoms with Gasteiger partial charge in [-0.25, -0.2) is 0 Å². The lowest BCUT2D eigenvalue weighted by molar-refractivity contribution is -0.130. The minimum Gasteiger partial charge on any atom is -0.397 e. The Labute approximate surface area is 101 Å². The highest BCUT2D eigenvalue weighted by atomic mass is 16.2. The van der Waals surface area contributed by atoms with Crippen molar-refractivity contribution in [2.75, 3.05) is 12.8 Å². The van der Waals surface area contributed by atoms with Gasteiger partial charge in [0.1, 0.15) is 0 Å². The molecule has 17 heavy (non-hydrogen) atoms. The van der Waals surface area contributed by atoms with Crippen LogP contribution >= 0.6 is 0 Å². The maximum absolute atomic E-state index is 11.9. The molecule has 2 N–H and O–H groups in total. The van der Waals surface area contributed by atoms with Crippen LogP contribution in [0.1, 0.15) is 19.0 Å². The zero-order valence-electron chi connectivity index (χ0n) is 10.1. The zero-order chi connectivity index (χ0) is 12.8. The van der Waals surface area contributed by atoms with Gasteiger partial charge >= 0.3 is 0 Å². The second kappa shape index (κ2) is 5.85. The molecule has 5 nitrogen and oxygen atoms in total. The van der Waals surface area contributed by atoms with E-state index in [1.807, 2.05) is 13.0 Å². The van der Waals surface area contributed by atoms with Crippen molar-refractivity contribution in [1.29, 1.82) is 5.26 Å². The second-order valence-electron chi connectivity index (χ2n) is 3.98. The Hall–Kier alpha value is -2.09. The second-order valence-corrected chi connectivity index (χ2v) is 3.98. The number of carbonyl (C=O) groups is 1. The van der Waals surface area contributed by atoms with Gasteiger partial charge in [-0.3, -0.25) is 9.78 Å². The van der Waals surface area contributed by atoms with Gasteiger partial charge in [0.05, 0.1) is 30.8 Å². The zero-order valence-corrected chi connectivity index (χ0v) is 10.1. The maximum atomic E-state index is 11.9. The Morgan fingerprint density at radius 2 is 2.35 bits per heavy atom. The van der Waals surface area contributed by atoms with E-state index in [2.05, 4.69) is 4.98 Å². The van der Waals surface area contributed by atoms with Gasteiger partial charge in [0, 0.05) is 18.8 Å². The third-order valence-electron chi connectivity index (χ3n) is 2.62. The number of likely N-dealkylation sites (N-methyl/N-ethyl adjacent to an activating group) is 1. The largest absolute Gasteiger partial charge is 0.397 e. The van der Waals surface area contributed by atoms with Crippen molar-refractivity contribution in [3.05, 3.63) is 24.0 Å². The van der Waals surface area contributed by atoms with E-state index in [1.54, 1.807) is 24.1 Å². The number of aromatic nitrogens is 1. The van der Waals surface area contributed by atoms with Crippen molar-refractivity contribution in [3.63, 3.8) is 0 Å². The number of nitrogens with zero attached hydrogens (tertiary/aromatic N) is 3. The molecule has 1 aromatic heterocycles. The molecule has 0 bridgehead atoms. The van der Waals surface area contributed by atoms with Gasteiger partial charge in [0.2, 0.25) is 5.91 Å². The summed E-state index contributed by atoms with van der Waals surface area (Å²) in [6.07, 6.45) is 2.09. The van der Waals surface area contributed by atoms with Crippen LogP contribution in [0.25, 0.3) is 0 Å². The summed E-state index contributed by atoms with van der Waals surface area (Å²) in [6, 6.07) is 5.42. The Morgan fingerprint density at radius 1 is 1.65 bits per heavy atom. The van der Waals surface area contributed by atoms with Gasteiger partial charge in [0.15, 0.2) is 0 Å². The first-order valence-corrected chi connectivity index (χ1v) is 5.37. The summed E-state index contributed by atoms with van der Waals surface area (Å²) in [6.45, 7) is 1.84. The summed E-state index contributed by atoms with van der Waals surface area (Å²) in [4.78, 5) is 17.5. The molecule has 0 aliphatic rings. The quantitative estimate of drug-likeness (QED) is 0.838. The molecule has 0 saturated heterocycles. The minimum absolute atomic E-state index is 0.0509. The average Bonchev–Trinajstić information content (AvgIpc) is 2.31. The van der Waals surface area contributed by atoms with Crippen LogP contribution in [0.4, 0.5) is 5.69 Å². The van der Waals surface area contributed by atoms with Crippen molar-refractivity contribution >= 4 is 11.6 Å². The van der Waals surface area contributed by atoms with Gasteiger partial charge in [0.25, 0.3) is 0 Å². The van der Waals surface area contributed by atoms with Crippen LogP contribution in [0.15, 0.2) is 18.3 Å². The molecule has 5 heteroatoms. The van der Waals surface area contributed by atoms with Crippen LogP contribution in [-0.4, -0.2) is 28.9 Å². The summed E-state index contributed by atoms with van der Waals surface area (Å²) in [5, 5.41) is 8.57. The summed E-state index contributed by atoms with van der Waals surface area (Å²) in [7, 11) is 1.70. The molecule has 90 valence electrons. The third-order valence-corrected chi connectivity index (χ3v) is 2.62. The third kappa shape index (κ3) is 3.76. The Bertz CT molecular complexity index is 421. The topological polar surface area (TPSA) is 83.0 Å². The molecule has 0 radical (unpaired) electrons. The number of nitrogen functional groups attached to an aromatic ring is 1. The molecule has 0 aliphatic heterocycles. The van der Waals surface area contributed by atoms with Crippen LogP contribution in [0.2, 0.25) is 0 Å². The lowest BCUT2D eigenvalue weighted by atomic mass is 10.2. The fourth-order valence-corrected chi connectivity index (χ4v) is 1.33. The van der Waals surface area contributed by atoms with Crippen LogP contribution in [0.5, 0.6) is 0 Å². The molecule has 1 unspecified atom stereocenters. The first-order chi connectivity index (χ1) is 8.04. The number of hydrogen-bond acceptors (Lipinski definition) is 4.